The van der Waals surface area contributed by atoms with Crippen molar-refractivity contribution in [2.24, 2.45) is 0 Å². The molecule has 0 fully saturated rings. The Balaban J connectivity index is 1.71. The Morgan fingerprint density at radius 2 is 0.812 bits per heavy atom. The van der Waals surface area contributed by atoms with E-state index in [1.807, 2.05) is 0 Å². The van der Waals surface area contributed by atoms with Gasteiger partial charge < -0.3 is 0 Å². The van der Waals surface area contributed by atoms with Crippen molar-refractivity contribution in [2.45, 2.75) is 118 Å². The minimum atomic E-state index is 1.22. The van der Waals surface area contributed by atoms with Crippen LogP contribution in [0.3, 0.4) is 0 Å². The van der Waals surface area contributed by atoms with E-state index < -0.39 is 0 Å². The van der Waals surface area contributed by atoms with Gasteiger partial charge in [0.05, 0.1) is 0 Å². The average Bonchev–Trinajstić information content (AvgIpc) is 2.82. The first-order chi connectivity index (χ1) is 15.7. The summed E-state index contributed by atoms with van der Waals surface area (Å²) in [7, 11) is 0. The van der Waals surface area contributed by atoms with Crippen LogP contribution in [0.1, 0.15) is 113 Å². The van der Waals surface area contributed by atoms with Crippen LogP contribution < -0.4 is 0 Å². The predicted octanol–water partition coefficient (Wildman–Crippen LogP) is 10.4. The third-order valence-electron chi connectivity index (χ3n) is 7.42. The van der Waals surface area contributed by atoms with Crippen molar-refractivity contribution < 1.29 is 0 Å². The maximum Gasteiger partial charge on any atom is -0.0143 e. The van der Waals surface area contributed by atoms with Gasteiger partial charge in [-0.05, 0) is 83.3 Å². The summed E-state index contributed by atoms with van der Waals surface area (Å²) in [5.41, 5.74) is 5.93. The van der Waals surface area contributed by atoms with Crippen molar-refractivity contribution in [3.63, 3.8) is 0 Å². The first kappa shape index (κ1) is 24.8. The Hall–Kier alpha value is -1.82. The zero-order chi connectivity index (χ0) is 22.8. The minimum Gasteiger partial charge on any atom is -0.0654 e. The topological polar surface area (TPSA) is 0 Å². The van der Waals surface area contributed by atoms with Crippen molar-refractivity contribution in [1.29, 1.82) is 0 Å². The Bertz CT molecular complexity index is 897. The summed E-state index contributed by atoms with van der Waals surface area (Å²) in [6, 6.07) is 14.5. The lowest BCUT2D eigenvalue weighted by Crippen LogP contribution is -1.93. The largest absolute Gasteiger partial charge is 0.0654 e. The van der Waals surface area contributed by atoms with Gasteiger partial charge in [0.2, 0.25) is 0 Å². The van der Waals surface area contributed by atoms with E-state index >= 15 is 0 Å². The van der Waals surface area contributed by atoms with Crippen LogP contribution in [0.4, 0.5) is 0 Å². The summed E-state index contributed by atoms with van der Waals surface area (Å²) in [5.74, 6) is 0. The molecule has 0 heteroatoms. The lowest BCUT2D eigenvalue weighted by atomic mass is 9.90. The maximum absolute atomic E-state index is 2.48. The number of fused-ring (bicyclic) bond motifs is 2. The quantitative estimate of drug-likeness (QED) is 0.176. The van der Waals surface area contributed by atoms with Crippen LogP contribution >= 0.6 is 0 Å². The maximum atomic E-state index is 2.48. The molecule has 32 heavy (non-hydrogen) atoms. The van der Waals surface area contributed by atoms with Gasteiger partial charge in [-0.2, -0.15) is 0 Å². The van der Waals surface area contributed by atoms with Gasteiger partial charge in [-0.1, -0.05) is 114 Å². The molecule has 0 aromatic heterocycles. The van der Waals surface area contributed by atoms with E-state index in [1.165, 1.54) is 134 Å². The average molecular weight is 431 g/mol. The molecule has 0 N–H and O–H groups in total. The van der Waals surface area contributed by atoms with Gasteiger partial charge in [-0.15, -0.1) is 0 Å². The van der Waals surface area contributed by atoms with Gasteiger partial charge in [0.25, 0.3) is 0 Å². The summed E-state index contributed by atoms with van der Waals surface area (Å²) >= 11 is 0. The highest BCUT2D eigenvalue weighted by Crippen LogP contribution is 2.33. The van der Waals surface area contributed by atoms with Gasteiger partial charge in [0.15, 0.2) is 0 Å². The molecule has 3 aromatic rings. The van der Waals surface area contributed by atoms with Crippen molar-refractivity contribution in [3.05, 3.63) is 58.7 Å². The zero-order valence-corrected chi connectivity index (χ0v) is 21.4. The molecule has 0 bridgehead atoms. The molecule has 0 aliphatic carbocycles. The standard InChI is InChI=1S/C32H46/c1-5-7-9-11-13-15-17-27-19-21-29-26(4)32-24-28(18-16-14-12-10-8-6-2)20-22-30(32)25(3)31(29)23-27/h19-24H,5-18H2,1-4H3. The molecule has 0 spiro atoms. The number of unbranched alkanes of at least 4 members (excludes halogenated alkanes) is 10. The lowest BCUT2D eigenvalue weighted by molar-refractivity contribution is 0.607. The third-order valence-corrected chi connectivity index (χ3v) is 7.42. The number of hydrogen-bond acceptors (Lipinski definition) is 0. The lowest BCUT2D eigenvalue weighted by Gasteiger charge is -2.15. The minimum absolute atomic E-state index is 1.22. The van der Waals surface area contributed by atoms with Crippen molar-refractivity contribution in [1.82, 2.24) is 0 Å². The normalized spacial score (nSPS) is 11.6. The van der Waals surface area contributed by atoms with Gasteiger partial charge in [0.1, 0.15) is 0 Å². The van der Waals surface area contributed by atoms with Gasteiger partial charge in [-0.3, -0.25) is 0 Å². The number of rotatable bonds is 14. The second-order valence-corrected chi connectivity index (χ2v) is 10.0. The smallest absolute Gasteiger partial charge is 0.0143 e. The van der Waals surface area contributed by atoms with Crippen LogP contribution in [0.2, 0.25) is 0 Å². The van der Waals surface area contributed by atoms with Gasteiger partial charge in [-0.25, -0.2) is 0 Å². The molecule has 0 atom stereocenters. The zero-order valence-electron chi connectivity index (χ0n) is 21.4. The molecule has 0 nitrogen and oxygen atoms in total. The Labute approximate surface area is 197 Å². The second-order valence-electron chi connectivity index (χ2n) is 10.0. The molecule has 0 heterocycles. The third kappa shape index (κ3) is 6.60. The van der Waals surface area contributed by atoms with E-state index in [4.69, 9.17) is 0 Å². The van der Waals surface area contributed by atoms with E-state index in [0.29, 0.717) is 0 Å². The van der Waals surface area contributed by atoms with Crippen LogP contribution in [-0.2, 0) is 12.8 Å². The van der Waals surface area contributed by atoms with Gasteiger partial charge in [0, 0.05) is 0 Å². The predicted molar refractivity (Wildman–Crippen MR) is 145 cm³/mol. The first-order valence-electron chi connectivity index (χ1n) is 13.6. The van der Waals surface area contributed by atoms with E-state index in [-0.39, 0.29) is 0 Å². The summed E-state index contributed by atoms with van der Waals surface area (Å²) in [4.78, 5) is 0. The fraction of sp³-hybridized carbons (Fsp3) is 0.562. The first-order valence-corrected chi connectivity index (χ1v) is 13.6. The highest BCUT2D eigenvalue weighted by Gasteiger charge is 2.10. The molecule has 0 radical (unpaired) electrons. The second kappa shape index (κ2) is 13.0. The SMILES string of the molecule is CCCCCCCCc1ccc2c(C)c3cc(CCCCCCCC)ccc3c(C)c2c1. The summed E-state index contributed by atoms with van der Waals surface area (Å²) in [6.45, 7) is 9.23. The molecule has 0 unspecified atom stereocenters. The molecule has 0 aliphatic heterocycles. The van der Waals surface area contributed by atoms with Gasteiger partial charge >= 0.3 is 0 Å². The Morgan fingerprint density at radius 3 is 1.22 bits per heavy atom. The Kier molecular flexibility index (Phi) is 10.1. The summed E-state index contributed by atoms with van der Waals surface area (Å²) in [6.07, 6.45) is 18.9. The fourth-order valence-electron chi connectivity index (χ4n) is 5.28. The molecule has 0 amide bonds. The van der Waals surface area contributed by atoms with Crippen LogP contribution in [0.5, 0.6) is 0 Å². The molecular formula is C32H46. The Morgan fingerprint density at radius 1 is 0.438 bits per heavy atom. The number of benzene rings is 3. The van der Waals surface area contributed by atoms with E-state index in [9.17, 15) is 0 Å². The number of hydrogen-bond donors (Lipinski definition) is 0. The molecule has 0 aliphatic rings. The van der Waals surface area contributed by atoms with Crippen LogP contribution in [0, 0.1) is 13.8 Å². The van der Waals surface area contributed by atoms with Crippen LogP contribution in [0.15, 0.2) is 36.4 Å². The molecule has 0 saturated carbocycles. The molecule has 3 aromatic carbocycles. The van der Waals surface area contributed by atoms with Crippen molar-refractivity contribution in [2.75, 3.05) is 0 Å². The highest BCUT2D eigenvalue weighted by atomic mass is 14.1. The fourth-order valence-corrected chi connectivity index (χ4v) is 5.28. The van der Waals surface area contributed by atoms with E-state index in [2.05, 4.69) is 64.1 Å². The molecular weight excluding hydrogens is 384 g/mol. The molecule has 3 rings (SSSR count). The van der Waals surface area contributed by atoms with E-state index in [0.717, 1.165) is 0 Å². The summed E-state index contributed by atoms with van der Waals surface area (Å²) in [5, 5.41) is 5.81. The van der Waals surface area contributed by atoms with Crippen LogP contribution in [-0.4, -0.2) is 0 Å². The van der Waals surface area contributed by atoms with Crippen molar-refractivity contribution in [3.8, 4) is 0 Å². The summed E-state index contributed by atoms with van der Waals surface area (Å²) < 4.78 is 0. The van der Waals surface area contributed by atoms with Crippen molar-refractivity contribution >= 4 is 21.5 Å². The molecule has 0 saturated heterocycles. The monoisotopic (exact) mass is 430 g/mol. The highest BCUT2D eigenvalue weighted by molar-refractivity contribution is 6.05. The van der Waals surface area contributed by atoms with Crippen LogP contribution in [0.25, 0.3) is 21.5 Å². The number of aryl methyl sites for hydroxylation is 4. The van der Waals surface area contributed by atoms with E-state index in [1.54, 1.807) is 0 Å². The molecule has 174 valence electrons.